The van der Waals surface area contributed by atoms with Crippen LogP contribution in [0.1, 0.15) is 60.1 Å². The average Bonchev–Trinajstić information content (AvgIpc) is 2.75. The Bertz CT molecular complexity index is 1070. The molecule has 0 saturated carbocycles. The van der Waals surface area contributed by atoms with Crippen molar-refractivity contribution in [3.63, 3.8) is 0 Å². The molecule has 2 atom stereocenters. The van der Waals surface area contributed by atoms with Crippen LogP contribution in [0.15, 0.2) is 72.9 Å². The van der Waals surface area contributed by atoms with Gasteiger partial charge in [0.25, 0.3) is 0 Å². The molecule has 0 aromatic heterocycles. The van der Waals surface area contributed by atoms with Crippen molar-refractivity contribution in [2.45, 2.75) is 59.8 Å². The third kappa shape index (κ3) is 5.33. The van der Waals surface area contributed by atoms with E-state index in [4.69, 9.17) is 0 Å². The second kappa shape index (κ2) is 9.09. The van der Waals surface area contributed by atoms with Crippen LogP contribution >= 0.6 is 0 Å². The fraction of sp³-hybridized carbons (Fsp3) is 0.355. The highest BCUT2D eigenvalue weighted by atomic mass is 16.3. The zero-order valence-corrected chi connectivity index (χ0v) is 20.4. The second-order valence-corrected chi connectivity index (χ2v) is 10.6. The zero-order chi connectivity index (χ0) is 23.6. The van der Waals surface area contributed by atoms with E-state index in [1.165, 1.54) is 11.1 Å². The first-order valence-electron chi connectivity index (χ1n) is 12.0. The smallest absolute Gasteiger partial charge is 0.119 e. The summed E-state index contributed by atoms with van der Waals surface area (Å²) in [5.41, 5.74) is 6.71. The van der Waals surface area contributed by atoms with Gasteiger partial charge in [0.15, 0.2) is 0 Å². The number of benzene rings is 2. The van der Waals surface area contributed by atoms with Gasteiger partial charge in [-0.3, -0.25) is 0 Å². The lowest BCUT2D eigenvalue weighted by atomic mass is 9.77. The Labute approximate surface area is 198 Å². The van der Waals surface area contributed by atoms with Crippen molar-refractivity contribution in [1.29, 1.82) is 0 Å². The maximum Gasteiger partial charge on any atom is 0.119 e. The van der Waals surface area contributed by atoms with Crippen LogP contribution in [0.4, 0.5) is 0 Å². The molecule has 172 valence electrons. The number of aryl methyl sites for hydroxylation is 2. The van der Waals surface area contributed by atoms with E-state index in [9.17, 15) is 10.2 Å². The molecule has 2 aromatic carbocycles. The normalized spacial score (nSPS) is 23.9. The number of hydrogen-bond acceptors (Lipinski definition) is 2. The first kappa shape index (κ1) is 23.2. The minimum Gasteiger partial charge on any atom is -0.508 e. The van der Waals surface area contributed by atoms with E-state index in [0.717, 1.165) is 54.4 Å². The van der Waals surface area contributed by atoms with Crippen molar-refractivity contribution >= 4 is 0 Å². The van der Waals surface area contributed by atoms with Gasteiger partial charge in [0.1, 0.15) is 11.5 Å². The quantitative estimate of drug-likeness (QED) is 0.490. The first-order valence-corrected chi connectivity index (χ1v) is 12.0. The Hall–Kier alpha value is -3.00. The lowest BCUT2D eigenvalue weighted by Crippen LogP contribution is -2.18. The monoisotopic (exact) mass is 440 g/mol. The molecule has 2 aliphatic rings. The van der Waals surface area contributed by atoms with Gasteiger partial charge >= 0.3 is 0 Å². The lowest BCUT2D eigenvalue weighted by molar-refractivity contribution is 0.406. The van der Waals surface area contributed by atoms with Crippen LogP contribution in [0.3, 0.4) is 0 Å². The molecule has 0 heterocycles. The molecular weight excluding hydrogens is 404 g/mol. The fourth-order valence-corrected chi connectivity index (χ4v) is 5.12. The van der Waals surface area contributed by atoms with Gasteiger partial charge in [0.05, 0.1) is 0 Å². The summed E-state index contributed by atoms with van der Waals surface area (Å²) in [5.74, 6) is 0.766. The molecule has 0 fully saturated rings. The van der Waals surface area contributed by atoms with Gasteiger partial charge in [0.2, 0.25) is 0 Å². The van der Waals surface area contributed by atoms with Crippen LogP contribution < -0.4 is 0 Å². The van der Waals surface area contributed by atoms with Gasteiger partial charge in [-0.25, -0.2) is 0 Å². The molecule has 2 aromatic rings. The number of hydrogen-bond donors (Lipinski definition) is 2. The van der Waals surface area contributed by atoms with E-state index < -0.39 is 0 Å². The first-order chi connectivity index (χ1) is 15.7. The van der Waals surface area contributed by atoms with E-state index in [2.05, 4.69) is 88.4 Å². The number of rotatable bonds is 6. The number of phenolic OH excluding ortho intramolecular Hbond substituents is 2. The maximum absolute atomic E-state index is 10.7. The average molecular weight is 441 g/mol. The van der Waals surface area contributed by atoms with E-state index in [1.54, 1.807) is 0 Å². The highest BCUT2D eigenvalue weighted by molar-refractivity contribution is 5.48. The Balaban J connectivity index is 1.62. The third-order valence-electron chi connectivity index (χ3n) is 7.30. The fourth-order valence-electron chi connectivity index (χ4n) is 5.12. The molecule has 2 heteroatoms. The minimum atomic E-state index is 0.0256. The minimum absolute atomic E-state index is 0.0256. The van der Waals surface area contributed by atoms with Crippen LogP contribution in [0.25, 0.3) is 0 Å². The number of phenols is 2. The largest absolute Gasteiger partial charge is 0.508 e. The molecule has 4 rings (SSSR count). The Kier molecular flexibility index (Phi) is 6.38. The van der Waals surface area contributed by atoms with E-state index in [1.807, 2.05) is 12.1 Å². The molecule has 2 N–H and O–H groups in total. The molecule has 0 radical (unpaired) electrons. The summed E-state index contributed by atoms with van der Waals surface area (Å²) >= 11 is 0. The van der Waals surface area contributed by atoms with E-state index in [-0.39, 0.29) is 10.8 Å². The Morgan fingerprint density at radius 2 is 1.06 bits per heavy atom. The summed E-state index contributed by atoms with van der Waals surface area (Å²) in [6.07, 6.45) is 21.7. The molecule has 0 bridgehead atoms. The molecule has 0 amide bonds. The van der Waals surface area contributed by atoms with Crippen molar-refractivity contribution in [3.8, 4) is 11.5 Å². The van der Waals surface area contributed by atoms with Crippen molar-refractivity contribution < 1.29 is 10.2 Å². The second-order valence-electron chi connectivity index (χ2n) is 10.6. The van der Waals surface area contributed by atoms with Gasteiger partial charge in [-0.05, 0) is 102 Å². The van der Waals surface area contributed by atoms with Crippen molar-refractivity contribution in [2.24, 2.45) is 10.8 Å². The predicted octanol–water partition coefficient (Wildman–Crippen LogP) is 7.44. The highest BCUT2D eigenvalue weighted by Crippen LogP contribution is 2.38. The topological polar surface area (TPSA) is 40.5 Å². The van der Waals surface area contributed by atoms with Crippen molar-refractivity contribution in [1.82, 2.24) is 0 Å². The van der Waals surface area contributed by atoms with Crippen LogP contribution in [-0.4, -0.2) is 10.2 Å². The molecule has 0 saturated heterocycles. The van der Waals surface area contributed by atoms with Gasteiger partial charge in [-0.1, -0.05) is 74.6 Å². The summed E-state index contributed by atoms with van der Waals surface area (Å²) in [6.45, 7) is 8.64. The van der Waals surface area contributed by atoms with Gasteiger partial charge in [-0.2, -0.15) is 0 Å². The van der Waals surface area contributed by atoms with Crippen LogP contribution in [0.5, 0.6) is 11.5 Å². The summed E-state index contributed by atoms with van der Waals surface area (Å²) in [6, 6.07) is 8.19. The molecule has 33 heavy (non-hydrogen) atoms. The lowest BCUT2D eigenvalue weighted by Gasteiger charge is -2.28. The number of allylic oxidation sites excluding steroid dienone is 8. The summed E-state index contributed by atoms with van der Waals surface area (Å²) < 4.78 is 0. The Morgan fingerprint density at radius 3 is 1.42 bits per heavy atom. The molecule has 2 nitrogen and oxygen atoms in total. The van der Waals surface area contributed by atoms with Gasteiger partial charge in [-0.15, -0.1) is 0 Å². The number of aromatic hydroxyl groups is 2. The molecular formula is C31H36O2. The third-order valence-corrected chi connectivity index (χ3v) is 7.30. The zero-order valence-electron chi connectivity index (χ0n) is 20.4. The Morgan fingerprint density at radius 1 is 0.636 bits per heavy atom. The molecule has 2 aliphatic carbocycles. The highest BCUT2D eigenvalue weighted by Gasteiger charge is 2.25. The van der Waals surface area contributed by atoms with Crippen LogP contribution in [0.2, 0.25) is 0 Å². The molecule has 2 unspecified atom stereocenters. The van der Waals surface area contributed by atoms with Crippen LogP contribution in [0, 0.1) is 24.7 Å². The summed E-state index contributed by atoms with van der Waals surface area (Å²) in [5, 5.41) is 21.4. The van der Waals surface area contributed by atoms with Crippen molar-refractivity contribution in [3.05, 3.63) is 106 Å². The molecule has 0 spiro atoms. The van der Waals surface area contributed by atoms with E-state index in [0.29, 0.717) is 11.5 Å². The predicted molar refractivity (Wildman–Crippen MR) is 138 cm³/mol. The summed E-state index contributed by atoms with van der Waals surface area (Å²) in [4.78, 5) is 0. The van der Waals surface area contributed by atoms with Crippen LogP contribution in [-0.2, 0) is 19.3 Å². The maximum atomic E-state index is 10.7. The summed E-state index contributed by atoms with van der Waals surface area (Å²) in [7, 11) is 0. The van der Waals surface area contributed by atoms with E-state index >= 15 is 0 Å². The standard InChI is InChI=1S/C31H36O2/c1-22-15-28(32)26(20-30(3)11-7-5-8-12-30)18-24(22)17-25-19-27(29(33)16-23(25)2)21-31(4)13-9-6-10-14-31/h5-11,13,15-16,18-19,32-33H,12,14,17,20-21H2,1-4H3. The van der Waals surface area contributed by atoms with Gasteiger partial charge in [0, 0.05) is 0 Å². The van der Waals surface area contributed by atoms with Gasteiger partial charge < -0.3 is 10.2 Å². The SMILES string of the molecule is Cc1cc(O)c(CC2(C)C=CC=CC2)cc1Cc1cc(CC2(C)C=CC=CC2)c(O)cc1C. The molecule has 0 aliphatic heterocycles. The van der Waals surface area contributed by atoms with Crippen molar-refractivity contribution in [2.75, 3.05) is 0 Å².